The largest absolute Gasteiger partial charge is 0.378 e. The van der Waals surface area contributed by atoms with Crippen LogP contribution in [0.1, 0.15) is 13.3 Å². The van der Waals surface area contributed by atoms with Crippen LogP contribution in [-0.2, 0) is 0 Å². The van der Waals surface area contributed by atoms with Gasteiger partial charge in [0.25, 0.3) is 0 Å². The highest BCUT2D eigenvalue weighted by atomic mass is 16.3. The van der Waals surface area contributed by atoms with Gasteiger partial charge in [0, 0.05) is 6.42 Å². The molecule has 0 aliphatic heterocycles. The summed E-state index contributed by atoms with van der Waals surface area (Å²) >= 11 is 0. The first-order chi connectivity index (χ1) is 3.66. The fraction of sp³-hybridized carbons (Fsp3) is 0.500. The Balaban J connectivity index is 3.43. The van der Waals surface area contributed by atoms with Crippen LogP contribution in [0.25, 0.3) is 0 Å². The molecule has 0 saturated carbocycles. The van der Waals surface area contributed by atoms with Crippen molar-refractivity contribution in [3.8, 4) is 6.07 Å². The molecule has 0 heterocycles. The molecule has 1 N–H and O–H groups in total. The maximum atomic E-state index is 8.61. The van der Waals surface area contributed by atoms with Gasteiger partial charge in [0.2, 0.25) is 0 Å². The zero-order chi connectivity index (χ0) is 6.57. The minimum absolute atomic E-state index is 0.385. The van der Waals surface area contributed by atoms with E-state index >= 15 is 0 Å². The molecule has 0 radical (unpaired) electrons. The van der Waals surface area contributed by atoms with E-state index < -0.39 is 6.10 Å². The number of hydrogen-bond acceptors (Lipinski definition) is 2. The number of nitriles is 1. The highest BCUT2D eigenvalue weighted by Gasteiger charge is 1.98. The minimum Gasteiger partial charge on any atom is -0.378 e. The molecular formula is C6H9NO. The summed E-state index contributed by atoms with van der Waals surface area (Å²) in [5, 5.41) is 16.6. The summed E-state index contributed by atoms with van der Waals surface area (Å²) < 4.78 is 0. The summed E-state index contributed by atoms with van der Waals surface area (Å²) in [5.41, 5.74) is 0.832. The van der Waals surface area contributed by atoms with Gasteiger partial charge in [0.05, 0.1) is 6.07 Å². The lowest BCUT2D eigenvalue weighted by Crippen LogP contribution is -2.01. The molecule has 1 atom stereocenters. The highest BCUT2D eigenvalue weighted by molar-refractivity contribution is 4.97. The predicted molar refractivity (Wildman–Crippen MR) is 31.1 cm³/mol. The fourth-order valence-electron chi connectivity index (χ4n) is 0.376. The normalized spacial score (nSPS) is 12.1. The van der Waals surface area contributed by atoms with Crippen molar-refractivity contribution in [1.29, 1.82) is 5.26 Å². The molecular weight excluding hydrogens is 102 g/mol. The van der Waals surface area contributed by atoms with Crippen LogP contribution in [0, 0.1) is 11.3 Å². The molecule has 8 heavy (non-hydrogen) atoms. The number of nitrogens with zero attached hydrogens (tertiary/aromatic N) is 1. The second-order valence-electron chi connectivity index (χ2n) is 1.81. The quantitative estimate of drug-likeness (QED) is 0.424. The molecule has 0 saturated heterocycles. The van der Waals surface area contributed by atoms with Crippen molar-refractivity contribution in [3.05, 3.63) is 12.2 Å². The highest BCUT2D eigenvalue weighted by Crippen LogP contribution is 1.98. The van der Waals surface area contributed by atoms with E-state index in [4.69, 9.17) is 10.4 Å². The van der Waals surface area contributed by atoms with E-state index in [0.29, 0.717) is 6.42 Å². The summed E-state index contributed by atoms with van der Waals surface area (Å²) in [4.78, 5) is 0. The third kappa shape index (κ3) is 3.38. The van der Waals surface area contributed by atoms with E-state index in [-0.39, 0.29) is 0 Å². The Morgan fingerprint density at radius 2 is 2.50 bits per heavy atom. The predicted octanol–water partition coefficient (Wildman–Crippen LogP) is 0.837. The molecule has 0 spiro atoms. The zero-order valence-corrected chi connectivity index (χ0v) is 4.89. The lowest BCUT2D eigenvalue weighted by Gasteiger charge is -1.96. The number of hydrogen-bond donors (Lipinski definition) is 1. The van der Waals surface area contributed by atoms with E-state index in [2.05, 4.69) is 6.58 Å². The Labute approximate surface area is 49.1 Å². The lowest BCUT2D eigenvalue weighted by atomic mass is 10.2. The van der Waals surface area contributed by atoms with Gasteiger partial charge in [-0.1, -0.05) is 5.57 Å². The molecule has 2 heteroatoms. The number of rotatable bonds is 2. The van der Waals surface area contributed by atoms with Gasteiger partial charge in [-0.05, 0) is 6.92 Å². The monoisotopic (exact) mass is 111 g/mol. The molecule has 44 valence electrons. The van der Waals surface area contributed by atoms with Crippen LogP contribution in [0.5, 0.6) is 0 Å². The molecule has 0 bridgehead atoms. The van der Waals surface area contributed by atoms with Gasteiger partial charge < -0.3 is 5.11 Å². The van der Waals surface area contributed by atoms with Crippen molar-refractivity contribution < 1.29 is 5.11 Å². The third-order valence-electron chi connectivity index (χ3n) is 0.691. The first-order valence-corrected chi connectivity index (χ1v) is 2.39. The smallest absolute Gasteiger partial charge is 0.144 e. The third-order valence-corrected chi connectivity index (χ3v) is 0.691. The SMILES string of the molecule is C=C(C)CC(O)C#N. The number of aliphatic hydroxyl groups excluding tert-OH is 1. The summed E-state index contributed by atoms with van der Waals surface area (Å²) in [6.45, 7) is 5.31. The minimum atomic E-state index is -0.868. The van der Waals surface area contributed by atoms with Crippen LogP contribution in [0.15, 0.2) is 12.2 Å². The molecule has 0 aromatic heterocycles. The Bertz CT molecular complexity index is 123. The van der Waals surface area contributed by atoms with E-state index in [9.17, 15) is 0 Å². The van der Waals surface area contributed by atoms with Gasteiger partial charge >= 0.3 is 0 Å². The van der Waals surface area contributed by atoms with Gasteiger partial charge in [-0.25, -0.2) is 0 Å². The maximum Gasteiger partial charge on any atom is 0.144 e. The maximum absolute atomic E-state index is 8.61. The van der Waals surface area contributed by atoms with Crippen LogP contribution >= 0.6 is 0 Å². The average Bonchev–Trinajstić information content (AvgIpc) is 1.65. The van der Waals surface area contributed by atoms with Crippen molar-refractivity contribution >= 4 is 0 Å². The van der Waals surface area contributed by atoms with Crippen molar-refractivity contribution in [2.75, 3.05) is 0 Å². The van der Waals surface area contributed by atoms with Gasteiger partial charge in [-0.3, -0.25) is 0 Å². The topological polar surface area (TPSA) is 44.0 Å². The van der Waals surface area contributed by atoms with Crippen LogP contribution in [0.4, 0.5) is 0 Å². The average molecular weight is 111 g/mol. The molecule has 0 aliphatic rings. The molecule has 0 aromatic rings. The van der Waals surface area contributed by atoms with Crippen molar-refractivity contribution in [2.45, 2.75) is 19.4 Å². The molecule has 0 aromatic carbocycles. The van der Waals surface area contributed by atoms with E-state index in [1.807, 2.05) is 0 Å². The van der Waals surface area contributed by atoms with Crippen LogP contribution < -0.4 is 0 Å². The van der Waals surface area contributed by atoms with Gasteiger partial charge in [-0.15, -0.1) is 6.58 Å². The van der Waals surface area contributed by atoms with Gasteiger partial charge in [0.15, 0.2) is 0 Å². The summed E-state index contributed by atoms with van der Waals surface area (Å²) in [6.07, 6.45) is -0.483. The Kier molecular flexibility index (Phi) is 2.90. The summed E-state index contributed by atoms with van der Waals surface area (Å²) in [7, 11) is 0. The fourth-order valence-corrected chi connectivity index (χ4v) is 0.376. The van der Waals surface area contributed by atoms with Gasteiger partial charge in [0.1, 0.15) is 6.10 Å². The van der Waals surface area contributed by atoms with Crippen molar-refractivity contribution in [3.63, 3.8) is 0 Å². The molecule has 2 nitrogen and oxygen atoms in total. The second kappa shape index (κ2) is 3.23. The zero-order valence-electron chi connectivity index (χ0n) is 4.89. The second-order valence-corrected chi connectivity index (χ2v) is 1.81. The molecule has 0 rings (SSSR count). The number of aliphatic hydroxyl groups is 1. The van der Waals surface area contributed by atoms with E-state index in [1.54, 1.807) is 13.0 Å². The van der Waals surface area contributed by atoms with Crippen molar-refractivity contribution in [2.24, 2.45) is 0 Å². The van der Waals surface area contributed by atoms with Crippen molar-refractivity contribution in [1.82, 2.24) is 0 Å². The van der Waals surface area contributed by atoms with E-state index in [1.165, 1.54) is 0 Å². The molecule has 0 amide bonds. The lowest BCUT2D eigenvalue weighted by molar-refractivity contribution is 0.231. The van der Waals surface area contributed by atoms with Crippen LogP contribution in [-0.4, -0.2) is 11.2 Å². The molecule has 0 aliphatic carbocycles. The van der Waals surface area contributed by atoms with Crippen LogP contribution in [0.2, 0.25) is 0 Å². The standard InChI is InChI=1S/C6H9NO/c1-5(2)3-6(8)4-7/h6,8H,1,3H2,2H3. The Morgan fingerprint density at radius 3 is 2.62 bits per heavy atom. The summed E-state index contributed by atoms with van der Waals surface area (Å²) in [5.74, 6) is 0. The van der Waals surface area contributed by atoms with Gasteiger partial charge in [-0.2, -0.15) is 5.26 Å². The van der Waals surface area contributed by atoms with E-state index in [0.717, 1.165) is 5.57 Å². The Hall–Kier alpha value is -0.810. The Morgan fingerprint density at radius 1 is 2.00 bits per heavy atom. The van der Waals surface area contributed by atoms with Crippen LogP contribution in [0.3, 0.4) is 0 Å². The molecule has 0 fully saturated rings. The first kappa shape index (κ1) is 7.19. The summed E-state index contributed by atoms with van der Waals surface area (Å²) in [6, 6.07) is 1.69. The molecule has 1 unspecified atom stereocenters. The first-order valence-electron chi connectivity index (χ1n) is 2.39.